The number of anilines is 1. The average molecular weight is 367 g/mol. The third-order valence-electron chi connectivity index (χ3n) is 3.83. The quantitative estimate of drug-likeness (QED) is 0.580. The number of amides is 1. The lowest BCUT2D eigenvalue weighted by atomic mass is 10.3. The molecule has 24 heavy (non-hydrogen) atoms. The van der Waals surface area contributed by atoms with Gasteiger partial charge in [-0.05, 0) is 39.3 Å². The van der Waals surface area contributed by atoms with Gasteiger partial charge in [0.05, 0.1) is 16.6 Å². The summed E-state index contributed by atoms with van der Waals surface area (Å²) >= 11 is 7.46. The van der Waals surface area contributed by atoms with Crippen LogP contribution in [0.2, 0.25) is 5.15 Å². The molecule has 1 N–H and O–H groups in total. The zero-order chi connectivity index (χ0) is 17.7. The van der Waals surface area contributed by atoms with Gasteiger partial charge in [-0.15, -0.1) is 0 Å². The number of imidazole rings is 1. The highest BCUT2D eigenvalue weighted by atomic mass is 35.5. The van der Waals surface area contributed by atoms with E-state index in [1.165, 1.54) is 11.8 Å². The number of hydrogen-bond donors (Lipinski definition) is 1. The highest BCUT2D eigenvalue weighted by Gasteiger charge is 2.20. The summed E-state index contributed by atoms with van der Waals surface area (Å²) in [4.78, 5) is 21.0. The predicted octanol–water partition coefficient (Wildman–Crippen LogP) is 4.47. The zero-order valence-electron chi connectivity index (χ0n) is 14.5. The summed E-state index contributed by atoms with van der Waals surface area (Å²) in [6.07, 6.45) is 3.80. The van der Waals surface area contributed by atoms with Crippen LogP contribution >= 0.6 is 23.4 Å². The SMILES string of the molecule is CCCCn1c(SC(C)C(=O)Nc2cccnc2Cl)nc(C)c1C. The molecule has 1 amide bonds. The molecular weight excluding hydrogens is 344 g/mol. The van der Waals surface area contributed by atoms with Gasteiger partial charge in [0.25, 0.3) is 0 Å². The van der Waals surface area contributed by atoms with E-state index in [1.54, 1.807) is 18.3 Å². The minimum atomic E-state index is -0.289. The van der Waals surface area contributed by atoms with Crippen LogP contribution in [0.3, 0.4) is 0 Å². The number of pyridine rings is 1. The molecule has 0 bridgehead atoms. The first-order valence-electron chi connectivity index (χ1n) is 8.05. The van der Waals surface area contributed by atoms with Crippen LogP contribution in [0.15, 0.2) is 23.5 Å². The molecule has 0 radical (unpaired) electrons. The number of nitrogens with one attached hydrogen (secondary N) is 1. The number of hydrogen-bond acceptors (Lipinski definition) is 4. The number of carbonyl (C=O) groups is 1. The summed E-state index contributed by atoms with van der Waals surface area (Å²) in [6.45, 7) is 9.03. The maximum atomic E-state index is 12.4. The highest BCUT2D eigenvalue weighted by Crippen LogP contribution is 2.27. The summed E-state index contributed by atoms with van der Waals surface area (Å²) in [5, 5.41) is 3.71. The predicted molar refractivity (Wildman–Crippen MR) is 99.8 cm³/mol. The third-order valence-corrected chi connectivity index (χ3v) is 5.22. The second kappa shape index (κ2) is 8.53. The number of halogens is 1. The number of carbonyl (C=O) groups excluding carboxylic acids is 1. The second-order valence-corrected chi connectivity index (χ2v) is 7.33. The Morgan fingerprint density at radius 1 is 1.46 bits per heavy atom. The highest BCUT2D eigenvalue weighted by molar-refractivity contribution is 8.00. The molecule has 2 rings (SSSR count). The largest absolute Gasteiger partial charge is 0.323 e. The van der Waals surface area contributed by atoms with Crippen molar-refractivity contribution in [1.82, 2.24) is 14.5 Å². The Morgan fingerprint density at radius 2 is 2.21 bits per heavy atom. The van der Waals surface area contributed by atoms with E-state index in [2.05, 4.69) is 33.7 Å². The summed E-state index contributed by atoms with van der Waals surface area (Å²) in [6, 6.07) is 3.48. The maximum absolute atomic E-state index is 12.4. The van der Waals surface area contributed by atoms with Crippen LogP contribution in [0.25, 0.3) is 0 Å². The van der Waals surface area contributed by atoms with Crippen molar-refractivity contribution < 1.29 is 4.79 Å². The van der Waals surface area contributed by atoms with Gasteiger partial charge in [0.15, 0.2) is 10.3 Å². The van der Waals surface area contributed by atoms with Crippen molar-refractivity contribution in [3.63, 3.8) is 0 Å². The van der Waals surface area contributed by atoms with Crippen molar-refractivity contribution in [3.8, 4) is 0 Å². The number of thioether (sulfide) groups is 1. The van der Waals surface area contributed by atoms with E-state index in [4.69, 9.17) is 11.6 Å². The van der Waals surface area contributed by atoms with Crippen molar-refractivity contribution in [2.45, 2.75) is 57.5 Å². The Hall–Kier alpha value is -1.53. The van der Waals surface area contributed by atoms with E-state index in [0.717, 1.165) is 35.9 Å². The van der Waals surface area contributed by atoms with E-state index in [-0.39, 0.29) is 11.2 Å². The van der Waals surface area contributed by atoms with Crippen molar-refractivity contribution >= 4 is 35.0 Å². The summed E-state index contributed by atoms with van der Waals surface area (Å²) in [5.74, 6) is -0.116. The average Bonchev–Trinajstić information content (AvgIpc) is 2.81. The molecule has 0 aliphatic carbocycles. The van der Waals surface area contributed by atoms with Crippen LogP contribution in [0.4, 0.5) is 5.69 Å². The Labute approximate surface area is 152 Å². The Balaban J connectivity index is 2.09. The van der Waals surface area contributed by atoms with E-state index < -0.39 is 0 Å². The number of aromatic nitrogens is 3. The van der Waals surface area contributed by atoms with E-state index in [9.17, 15) is 4.79 Å². The van der Waals surface area contributed by atoms with Crippen molar-refractivity contribution in [2.24, 2.45) is 0 Å². The summed E-state index contributed by atoms with van der Waals surface area (Å²) in [5.41, 5.74) is 2.70. The molecule has 0 aromatic carbocycles. The molecule has 0 aliphatic heterocycles. The standard InChI is InChI=1S/C17H23ClN4OS/c1-5-6-10-22-12(3)11(2)20-17(22)24-13(4)16(23)21-14-8-7-9-19-15(14)18/h7-9,13H,5-6,10H2,1-4H3,(H,21,23). The first kappa shape index (κ1) is 18.8. The molecule has 130 valence electrons. The van der Waals surface area contributed by atoms with Gasteiger partial charge in [-0.2, -0.15) is 0 Å². The molecule has 2 heterocycles. The first-order chi connectivity index (χ1) is 11.4. The smallest absolute Gasteiger partial charge is 0.237 e. The van der Waals surface area contributed by atoms with Gasteiger partial charge < -0.3 is 9.88 Å². The Kier molecular flexibility index (Phi) is 6.69. The molecule has 7 heteroatoms. The molecule has 0 aliphatic rings. The number of aryl methyl sites for hydroxylation is 1. The molecule has 0 saturated heterocycles. The lowest BCUT2D eigenvalue weighted by molar-refractivity contribution is -0.115. The van der Waals surface area contributed by atoms with Gasteiger partial charge >= 0.3 is 0 Å². The number of unbranched alkanes of at least 4 members (excludes halogenated alkanes) is 1. The van der Waals surface area contributed by atoms with Crippen molar-refractivity contribution in [2.75, 3.05) is 5.32 Å². The molecule has 5 nitrogen and oxygen atoms in total. The fourth-order valence-electron chi connectivity index (χ4n) is 2.22. The minimum absolute atomic E-state index is 0.116. The lowest BCUT2D eigenvalue weighted by Gasteiger charge is -2.14. The van der Waals surface area contributed by atoms with Crippen LogP contribution in [0, 0.1) is 13.8 Å². The molecular formula is C17H23ClN4OS. The fourth-order valence-corrected chi connectivity index (χ4v) is 3.41. The second-order valence-electron chi connectivity index (χ2n) is 5.66. The van der Waals surface area contributed by atoms with Gasteiger partial charge in [0, 0.05) is 18.4 Å². The fraction of sp³-hybridized carbons (Fsp3) is 0.471. The molecule has 1 atom stereocenters. The minimum Gasteiger partial charge on any atom is -0.323 e. The van der Waals surface area contributed by atoms with Gasteiger partial charge in [-0.3, -0.25) is 4.79 Å². The molecule has 0 spiro atoms. The van der Waals surface area contributed by atoms with Gasteiger partial charge in [-0.1, -0.05) is 36.7 Å². The van der Waals surface area contributed by atoms with E-state index in [0.29, 0.717) is 10.8 Å². The van der Waals surface area contributed by atoms with Gasteiger partial charge in [-0.25, -0.2) is 9.97 Å². The molecule has 2 aromatic heterocycles. The third kappa shape index (κ3) is 4.51. The molecule has 2 aromatic rings. The zero-order valence-corrected chi connectivity index (χ0v) is 16.0. The van der Waals surface area contributed by atoms with Crippen molar-refractivity contribution in [3.05, 3.63) is 34.9 Å². The number of rotatable bonds is 7. The number of nitrogens with zero attached hydrogens (tertiary/aromatic N) is 3. The van der Waals surface area contributed by atoms with Crippen LogP contribution in [-0.2, 0) is 11.3 Å². The molecule has 1 unspecified atom stereocenters. The first-order valence-corrected chi connectivity index (χ1v) is 9.31. The Bertz CT molecular complexity index is 717. The van der Waals surface area contributed by atoms with E-state index >= 15 is 0 Å². The molecule has 0 saturated carbocycles. The Morgan fingerprint density at radius 3 is 2.88 bits per heavy atom. The summed E-state index contributed by atoms with van der Waals surface area (Å²) < 4.78 is 2.20. The monoisotopic (exact) mass is 366 g/mol. The van der Waals surface area contributed by atoms with Crippen LogP contribution in [-0.4, -0.2) is 25.7 Å². The van der Waals surface area contributed by atoms with Crippen LogP contribution in [0.5, 0.6) is 0 Å². The van der Waals surface area contributed by atoms with Crippen LogP contribution < -0.4 is 5.32 Å². The maximum Gasteiger partial charge on any atom is 0.237 e. The lowest BCUT2D eigenvalue weighted by Crippen LogP contribution is -2.23. The van der Waals surface area contributed by atoms with Gasteiger partial charge in [0.2, 0.25) is 5.91 Å². The van der Waals surface area contributed by atoms with Crippen LogP contribution in [0.1, 0.15) is 38.1 Å². The van der Waals surface area contributed by atoms with E-state index in [1.807, 2.05) is 13.8 Å². The van der Waals surface area contributed by atoms with Gasteiger partial charge in [0.1, 0.15) is 0 Å². The topological polar surface area (TPSA) is 59.8 Å². The molecule has 0 fully saturated rings. The van der Waals surface area contributed by atoms with Crippen molar-refractivity contribution in [1.29, 1.82) is 0 Å². The normalized spacial score (nSPS) is 12.2. The summed E-state index contributed by atoms with van der Waals surface area (Å²) in [7, 11) is 0.